The maximum absolute atomic E-state index is 12.5. The number of hydrogen-bond donors (Lipinski definition) is 0. The largest absolute Gasteiger partial charge is 0.519 e. The van der Waals surface area contributed by atoms with Crippen LogP contribution in [-0.4, -0.2) is 19.4 Å². The average molecular weight is 567 g/mol. The lowest BCUT2D eigenvalue weighted by molar-refractivity contribution is 0.0351. The van der Waals surface area contributed by atoms with E-state index in [2.05, 4.69) is 52.0 Å². The summed E-state index contributed by atoms with van der Waals surface area (Å²) in [4.78, 5) is 12.5. The highest BCUT2D eigenvalue weighted by Gasteiger charge is 2.16. The fraction of sp³-hybridized carbons (Fsp3) is 0.324. The molecule has 5 heteroatoms. The second kappa shape index (κ2) is 15.9. The molecule has 42 heavy (non-hydrogen) atoms. The molecule has 0 aliphatic carbocycles. The number of carbonyl (C=O) groups excluding carboxylic acids is 1. The zero-order valence-corrected chi connectivity index (χ0v) is 25.1. The van der Waals surface area contributed by atoms with Gasteiger partial charge in [-0.05, 0) is 58.4 Å². The van der Waals surface area contributed by atoms with Crippen LogP contribution >= 0.6 is 0 Å². The van der Waals surface area contributed by atoms with Gasteiger partial charge in [-0.15, -0.1) is 0 Å². The van der Waals surface area contributed by atoms with Gasteiger partial charge in [-0.1, -0.05) is 113 Å². The van der Waals surface area contributed by atoms with E-state index in [0.29, 0.717) is 36.5 Å². The quantitative estimate of drug-likeness (QED) is 0.112. The van der Waals surface area contributed by atoms with Gasteiger partial charge >= 0.3 is 6.16 Å². The Balaban J connectivity index is 1.31. The van der Waals surface area contributed by atoms with Gasteiger partial charge in [-0.2, -0.15) is 0 Å². The molecule has 4 aromatic rings. The van der Waals surface area contributed by atoms with Gasteiger partial charge in [-0.25, -0.2) is 4.79 Å². The van der Waals surface area contributed by atoms with Crippen LogP contribution < -0.4 is 9.47 Å². The van der Waals surface area contributed by atoms with E-state index in [1.165, 1.54) is 0 Å². The van der Waals surface area contributed by atoms with Crippen LogP contribution in [0.25, 0.3) is 0 Å². The molecule has 5 nitrogen and oxygen atoms in total. The van der Waals surface area contributed by atoms with E-state index in [1.807, 2.05) is 60.7 Å². The molecule has 0 amide bonds. The maximum Gasteiger partial charge on any atom is 0.519 e. The highest BCUT2D eigenvalue weighted by Crippen LogP contribution is 2.26. The molecule has 0 fully saturated rings. The number of ether oxygens (including phenoxy) is 4. The fourth-order valence-electron chi connectivity index (χ4n) is 4.53. The van der Waals surface area contributed by atoms with Crippen LogP contribution in [0.15, 0.2) is 109 Å². The first-order valence-corrected chi connectivity index (χ1v) is 14.8. The lowest BCUT2D eigenvalue weighted by Gasteiger charge is -2.20. The third-order valence-electron chi connectivity index (χ3n) is 6.70. The van der Waals surface area contributed by atoms with E-state index in [9.17, 15) is 4.79 Å². The monoisotopic (exact) mass is 566 g/mol. The molecule has 2 atom stereocenters. The summed E-state index contributed by atoms with van der Waals surface area (Å²) in [6.07, 6.45) is 0.583. The molecule has 0 N–H and O–H groups in total. The zero-order chi connectivity index (χ0) is 29.7. The van der Waals surface area contributed by atoms with Crippen molar-refractivity contribution in [2.45, 2.75) is 52.7 Å². The van der Waals surface area contributed by atoms with Crippen LogP contribution in [0.3, 0.4) is 0 Å². The summed E-state index contributed by atoms with van der Waals surface area (Å²) in [6, 6.07) is 35.4. The summed E-state index contributed by atoms with van der Waals surface area (Å²) in [5, 5.41) is 0. The molecule has 2 unspecified atom stereocenters. The molecular weight excluding hydrogens is 524 g/mol. The van der Waals surface area contributed by atoms with Gasteiger partial charge in [0.05, 0.1) is 12.2 Å². The molecule has 0 saturated heterocycles. The molecule has 220 valence electrons. The summed E-state index contributed by atoms with van der Waals surface area (Å²) < 4.78 is 23.3. The van der Waals surface area contributed by atoms with E-state index in [4.69, 9.17) is 18.9 Å². The zero-order valence-electron chi connectivity index (χ0n) is 25.1. The van der Waals surface area contributed by atoms with Crippen molar-refractivity contribution in [2.75, 3.05) is 13.2 Å². The predicted octanol–water partition coefficient (Wildman–Crippen LogP) is 9.18. The molecule has 0 heterocycles. The number of benzene rings is 4. The van der Waals surface area contributed by atoms with Crippen molar-refractivity contribution >= 4 is 6.16 Å². The lowest BCUT2D eigenvalue weighted by atomic mass is 10.0. The van der Waals surface area contributed by atoms with E-state index in [1.54, 1.807) is 24.3 Å². The SMILES string of the molecule is CC(C)COC(Cc1ccc(OC(=O)Oc2ccc(CC(OCC(C)C)c3ccccc3)cc2)cc1)c1ccccc1. The summed E-state index contributed by atoms with van der Waals surface area (Å²) >= 11 is 0. The summed E-state index contributed by atoms with van der Waals surface area (Å²) in [7, 11) is 0. The van der Waals surface area contributed by atoms with Crippen LogP contribution in [-0.2, 0) is 22.3 Å². The van der Waals surface area contributed by atoms with Crippen LogP contribution in [0.2, 0.25) is 0 Å². The van der Waals surface area contributed by atoms with Gasteiger partial charge in [-0.3, -0.25) is 0 Å². The average Bonchev–Trinajstić information content (AvgIpc) is 3.00. The van der Waals surface area contributed by atoms with Crippen molar-refractivity contribution in [3.05, 3.63) is 131 Å². The Bertz CT molecular complexity index is 1230. The molecule has 0 aromatic heterocycles. The molecule has 4 aromatic carbocycles. The number of rotatable bonds is 14. The van der Waals surface area contributed by atoms with Gasteiger partial charge in [0.2, 0.25) is 0 Å². The van der Waals surface area contributed by atoms with Gasteiger partial charge in [0.25, 0.3) is 0 Å². The minimum Gasteiger partial charge on any atom is -0.395 e. The maximum atomic E-state index is 12.5. The molecule has 0 aliphatic rings. The summed E-state index contributed by atoms with van der Waals surface area (Å²) in [5.41, 5.74) is 4.48. The Labute approximate surface area is 250 Å². The van der Waals surface area contributed by atoms with Gasteiger partial charge in [0.15, 0.2) is 0 Å². The molecule has 4 rings (SSSR count). The summed E-state index contributed by atoms with van der Waals surface area (Å²) in [6.45, 7) is 9.96. The fourth-order valence-corrected chi connectivity index (χ4v) is 4.53. The highest BCUT2D eigenvalue weighted by atomic mass is 16.7. The topological polar surface area (TPSA) is 54.0 Å². The Morgan fingerprint density at radius 2 is 0.881 bits per heavy atom. The van der Waals surface area contributed by atoms with Crippen LogP contribution in [0.5, 0.6) is 11.5 Å². The summed E-state index contributed by atoms with van der Waals surface area (Å²) in [5.74, 6) is 1.74. The molecule has 0 aliphatic heterocycles. The molecule has 0 saturated carbocycles. The number of hydrogen-bond acceptors (Lipinski definition) is 5. The van der Waals surface area contributed by atoms with E-state index in [0.717, 1.165) is 35.1 Å². The van der Waals surface area contributed by atoms with E-state index < -0.39 is 6.16 Å². The van der Waals surface area contributed by atoms with Gasteiger partial charge < -0.3 is 18.9 Å². The third-order valence-corrected chi connectivity index (χ3v) is 6.70. The smallest absolute Gasteiger partial charge is 0.395 e. The van der Waals surface area contributed by atoms with Crippen LogP contribution in [0, 0.1) is 11.8 Å². The molecular formula is C37H42O5. The second-order valence-corrected chi connectivity index (χ2v) is 11.4. The van der Waals surface area contributed by atoms with Crippen molar-refractivity contribution in [3.8, 4) is 11.5 Å². The first-order chi connectivity index (χ1) is 20.4. The highest BCUT2D eigenvalue weighted by molar-refractivity contribution is 5.67. The minimum atomic E-state index is -0.777. The molecule has 0 radical (unpaired) electrons. The first kappa shape index (κ1) is 31.0. The van der Waals surface area contributed by atoms with Crippen molar-refractivity contribution in [3.63, 3.8) is 0 Å². The van der Waals surface area contributed by atoms with E-state index in [-0.39, 0.29) is 12.2 Å². The van der Waals surface area contributed by atoms with Crippen LogP contribution in [0.1, 0.15) is 62.2 Å². The lowest BCUT2D eigenvalue weighted by Crippen LogP contribution is -2.14. The van der Waals surface area contributed by atoms with Crippen molar-refractivity contribution in [1.82, 2.24) is 0 Å². The third kappa shape index (κ3) is 10.2. The number of carbonyl (C=O) groups is 1. The molecule has 0 bridgehead atoms. The van der Waals surface area contributed by atoms with Crippen LogP contribution in [0.4, 0.5) is 4.79 Å². The van der Waals surface area contributed by atoms with E-state index >= 15 is 0 Å². The Morgan fingerprint density at radius 1 is 0.524 bits per heavy atom. The van der Waals surface area contributed by atoms with Crippen molar-refractivity contribution in [1.29, 1.82) is 0 Å². The molecule has 0 spiro atoms. The Kier molecular flexibility index (Phi) is 11.7. The Morgan fingerprint density at radius 3 is 1.21 bits per heavy atom. The Hall–Kier alpha value is -3.93. The standard InChI is InChI=1S/C37H42O5/c1-27(2)25-39-35(31-11-7-5-8-12-31)23-29-15-19-33(20-16-29)41-37(38)42-34-21-17-30(18-22-34)24-36(40-26-28(3)4)32-13-9-6-10-14-32/h5-22,27-28,35-36H,23-26H2,1-4H3. The van der Waals surface area contributed by atoms with Gasteiger partial charge in [0.1, 0.15) is 11.5 Å². The predicted molar refractivity (Wildman–Crippen MR) is 167 cm³/mol. The van der Waals surface area contributed by atoms with Crippen molar-refractivity contribution < 1.29 is 23.7 Å². The first-order valence-electron chi connectivity index (χ1n) is 14.8. The normalized spacial score (nSPS) is 12.7. The minimum absolute atomic E-state index is 0.0435. The van der Waals surface area contributed by atoms with Crippen molar-refractivity contribution in [2.24, 2.45) is 11.8 Å². The van der Waals surface area contributed by atoms with Gasteiger partial charge in [0, 0.05) is 26.1 Å². The second-order valence-electron chi connectivity index (χ2n) is 11.4.